The Morgan fingerprint density at radius 1 is 1.20 bits per heavy atom. The third-order valence-corrected chi connectivity index (χ3v) is 5.24. The molecule has 130 valence electrons. The first-order valence-electron chi connectivity index (χ1n) is 8.04. The lowest BCUT2D eigenvalue weighted by atomic mass is 10.1. The van der Waals surface area contributed by atoms with Crippen molar-refractivity contribution in [2.45, 2.75) is 19.9 Å². The average Bonchev–Trinajstić information content (AvgIpc) is 2.98. The number of carbonyl (C=O) groups is 2. The van der Waals surface area contributed by atoms with Gasteiger partial charge in [0.05, 0.1) is 21.7 Å². The molecule has 1 heterocycles. The van der Waals surface area contributed by atoms with Crippen molar-refractivity contribution < 1.29 is 9.59 Å². The van der Waals surface area contributed by atoms with Gasteiger partial charge < -0.3 is 10.2 Å². The van der Waals surface area contributed by atoms with Crippen LogP contribution in [-0.2, 0) is 16.1 Å². The van der Waals surface area contributed by atoms with Gasteiger partial charge in [0, 0.05) is 19.5 Å². The van der Waals surface area contributed by atoms with Gasteiger partial charge in [-0.05, 0) is 30.2 Å². The number of aryl methyl sites for hydroxylation is 1. The summed E-state index contributed by atoms with van der Waals surface area (Å²) >= 11 is 12.2. The SMILES string of the molecule is Cc1ccccc1CNC(=O)C1CC(=O)N(c2cccc(Cl)c2Cl)C1. The van der Waals surface area contributed by atoms with E-state index in [0.29, 0.717) is 28.8 Å². The monoisotopic (exact) mass is 376 g/mol. The lowest BCUT2D eigenvalue weighted by Crippen LogP contribution is -2.32. The highest BCUT2D eigenvalue weighted by Gasteiger charge is 2.36. The highest BCUT2D eigenvalue weighted by Crippen LogP contribution is 2.35. The predicted octanol–water partition coefficient (Wildman–Crippen LogP) is 3.97. The maximum absolute atomic E-state index is 12.5. The first-order chi connectivity index (χ1) is 12.0. The highest BCUT2D eigenvalue weighted by atomic mass is 35.5. The Morgan fingerprint density at radius 2 is 1.96 bits per heavy atom. The van der Waals surface area contributed by atoms with E-state index < -0.39 is 5.92 Å². The molecule has 3 rings (SSSR count). The summed E-state index contributed by atoms with van der Waals surface area (Å²) in [6, 6.07) is 13.0. The van der Waals surface area contributed by atoms with E-state index in [2.05, 4.69) is 5.32 Å². The van der Waals surface area contributed by atoms with Crippen molar-refractivity contribution in [3.63, 3.8) is 0 Å². The Hall–Kier alpha value is -2.04. The molecule has 0 aliphatic carbocycles. The predicted molar refractivity (Wildman–Crippen MR) is 99.9 cm³/mol. The highest BCUT2D eigenvalue weighted by molar-refractivity contribution is 6.44. The van der Waals surface area contributed by atoms with Crippen molar-refractivity contribution in [1.82, 2.24) is 5.32 Å². The van der Waals surface area contributed by atoms with Gasteiger partial charge in [-0.25, -0.2) is 0 Å². The largest absolute Gasteiger partial charge is 0.352 e. The summed E-state index contributed by atoms with van der Waals surface area (Å²) in [5, 5.41) is 3.64. The number of hydrogen-bond donors (Lipinski definition) is 1. The minimum absolute atomic E-state index is 0.125. The molecule has 1 unspecified atom stereocenters. The standard InChI is InChI=1S/C19H18Cl2N2O2/c1-12-5-2-3-6-13(12)10-22-19(25)14-9-17(24)23(11-14)16-8-4-7-15(20)18(16)21/h2-8,14H,9-11H2,1H3,(H,22,25). The van der Waals surface area contributed by atoms with Crippen LogP contribution in [0.1, 0.15) is 17.5 Å². The average molecular weight is 377 g/mol. The Bertz CT molecular complexity index is 823. The minimum Gasteiger partial charge on any atom is -0.352 e. The van der Waals surface area contributed by atoms with Crippen LogP contribution < -0.4 is 10.2 Å². The number of nitrogens with one attached hydrogen (secondary N) is 1. The zero-order chi connectivity index (χ0) is 18.0. The van der Waals surface area contributed by atoms with Crippen molar-refractivity contribution in [2.75, 3.05) is 11.4 Å². The summed E-state index contributed by atoms with van der Waals surface area (Å²) in [5.74, 6) is -0.649. The second-order valence-electron chi connectivity index (χ2n) is 6.12. The quantitative estimate of drug-likeness (QED) is 0.877. The summed E-state index contributed by atoms with van der Waals surface area (Å²) in [4.78, 5) is 26.3. The number of rotatable bonds is 4. The molecule has 1 aliphatic rings. The molecule has 0 bridgehead atoms. The number of hydrogen-bond acceptors (Lipinski definition) is 2. The summed E-state index contributed by atoms with van der Waals surface area (Å²) in [7, 11) is 0. The maximum atomic E-state index is 12.5. The second-order valence-corrected chi connectivity index (χ2v) is 6.91. The number of halogens is 2. The number of anilines is 1. The van der Waals surface area contributed by atoms with Crippen molar-refractivity contribution in [2.24, 2.45) is 5.92 Å². The van der Waals surface area contributed by atoms with Gasteiger partial charge in [0.1, 0.15) is 0 Å². The molecule has 1 aliphatic heterocycles. The van der Waals surface area contributed by atoms with Crippen LogP contribution in [0.2, 0.25) is 10.0 Å². The zero-order valence-electron chi connectivity index (χ0n) is 13.8. The third kappa shape index (κ3) is 3.80. The van der Waals surface area contributed by atoms with Crippen LogP contribution in [0.3, 0.4) is 0 Å². The fourth-order valence-corrected chi connectivity index (χ4v) is 3.35. The van der Waals surface area contributed by atoms with E-state index in [9.17, 15) is 9.59 Å². The molecule has 0 radical (unpaired) electrons. The molecule has 1 atom stereocenters. The molecule has 0 saturated carbocycles. The fraction of sp³-hybridized carbons (Fsp3) is 0.263. The number of nitrogens with zero attached hydrogens (tertiary/aromatic N) is 1. The lowest BCUT2D eigenvalue weighted by Gasteiger charge is -2.18. The van der Waals surface area contributed by atoms with E-state index in [1.54, 1.807) is 18.2 Å². The number of benzene rings is 2. The summed E-state index contributed by atoms with van der Waals surface area (Å²) in [5.41, 5.74) is 2.74. The Balaban J connectivity index is 1.67. The van der Waals surface area contributed by atoms with Crippen LogP contribution in [-0.4, -0.2) is 18.4 Å². The molecule has 1 fully saturated rings. The van der Waals surface area contributed by atoms with Crippen LogP contribution in [0, 0.1) is 12.8 Å². The van der Waals surface area contributed by atoms with Crippen molar-refractivity contribution in [1.29, 1.82) is 0 Å². The van der Waals surface area contributed by atoms with Crippen molar-refractivity contribution >= 4 is 40.7 Å². The maximum Gasteiger partial charge on any atom is 0.227 e. The van der Waals surface area contributed by atoms with E-state index in [-0.39, 0.29) is 18.2 Å². The molecule has 0 aromatic heterocycles. The molecule has 0 spiro atoms. The van der Waals surface area contributed by atoms with Gasteiger partial charge in [-0.3, -0.25) is 9.59 Å². The van der Waals surface area contributed by atoms with Gasteiger partial charge in [0.2, 0.25) is 11.8 Å². The Labute approximate surface area is 156 Å². The van der Waals surface area contributed by atoms with Crippen LogP contribution in [0.5, 0.6) is 0 Å². The van der Waals surface area contributed by atoms with E-state index in [0.717, 1.165) is 11.1 Å². The smallest absolute Gasteiger partial charge is 0.227 e. The molecule has 4 nitrogen and oxygen atoms in total. The van der Waals surface area contributed by atoms with Crippen LogP contribution >= 0.6 is 23.2 Å². The van der Waals surface area contributed by atoms with Gasteiger partial charge in [-0.15, -0.1) is 0 Å². The first-order valence-corrected chi connectivity index (χ1v) is 8.79. The number of carbonyl (C=O) groups excluding carboxylic acids is 2. The van der Waals surface area contributed by atoms with Crippen LogP contribution in [0.4, 0.5) is 5.69 Å². The minimum atomic E-state index is -0.397. The Morgan fingerprint density at radius 3 is 2.72 bits per heavy atom. The third-order valence-electron chi connectivity index (χ3n) is 4.43. The van der Waals surface area contributed by atoms with Crippen molar-refractivity contribution in [3.05, 3.63) is 63.6 Å². The summed E-state index contributed by atoms with van der Waals surface area (Å²) in [6.07, 6.45) is 0.169. The molecule has 25 heavy (non-hydrogen) atoms. The second kappa shape index (κ2) is 7.46. The van der Waals surface area contributed by atoms with E-state index in [1.807, 2.05) is 31.2 Å². The molecule has 1 saturated heterocycles. The van der Waals surface area contributed by atoms with Crippen LogP contribution in [0.25, 0.3) is 0 Å². The van der Waals surface area contributed by atoms with Gasteiger partial charge >= 0.3 is 0 Å². The van der Waals surface area contributed by atoms with E-state index in [4.69, 9.17) is 23.2 Å². The summed E-state index contributed by atoms with van der Waals surface area (Å²) in [6.45, 7) is 2.76. The molecular formula is C19H18Cl2N2O2. The lowest BCUT2D eigenvalue weighted by molar-refractivity contribution is -0.126. The fourth-order valence-electron chi connectivity index (χ4n) is 2.95. The molecule has 6 heteroatoms. The van der Waals surface area contributed by atoms with Crippen LogP contribution in [0.15, 0.2) is 42.5 Å². The number of amides is 2. The van der Waals surface area contributed by atoms with Gasteiger partial charge in [-0.1, -0.05) is 53.5 Å². The van der Waals surface area contributed by atoms with Gasteiger partial charge in [-0.2, -0.15) is 0 Å². The van der Waals surface area contributed by atoms with Gasteiger partial charge in [0.25, 0.3) is 0 Å². The normalized spacial score (nSPS) is 17.0. The Kier molecular flexibility index (Phi) is 5.30. The molecule has 2 amide bonds. The molecule has 1 N–H and O–H groups in total. The topological polar surface area (TPSA) is 49.4 Å². The summed E-state index contributed by atoms with van der Waals surface area (Å²) < 4.78 is 0. The zero-order valence-corrected chi connectivity index (χ0v) is 15.3. The van der Waals surface area contributed by atoms with Gasteiger partial charge in [0.15, 0.2) is 0 Å². The first kappa shape index (κ1) is 17.8. The van der Waals surface area contributed by atoms with E-state index in [1.165, 1.54) is 4.90 Å². The van der Waals surface area contributed by atoms with E-state index >= 15 is 0 Å². The molecule has 2 aromatic rings. The molecule has 2 aromatic carbocycles. The van der Waals surface area contributed by atoms with Crippen molar-refractivity contribution in [3.8, 4) is 0 Å². The molecular weight excluding hydrogens is 359 g/mol.